The van der Waals surface area contributed by atoms with E-state index in [9.17, 15) is 4.39 Å². The monoisotopic (exact) mass is 332 g/mol. The lowest BCUT2D eigenvalue weighted by Crippen LogP contribution is -1.96. The van der Waals surface area contributed by atoms with Gasteiger partial charge in [0.1, 0.15) is 16.6 Å². The second-order valence-corrected chi connectivity index (χ2v) is 4.45. The SMILES string of the molecule is COc1ncc(Cl)c(Oc2cc(F)ccc2Br)n1. The Bertz CT molecular complexity index is 583. The van der Waals surface area contributed by atoms with Crippen molar-refractivity contribution in [2.75, 3.05) is 7.11 Å². The van der Waals surface area contributed by atoms with Gasteiger partial charge in [0.2, 0.25) is 5.88 Å². The van der Waals surface area contributed by atoms with E-state index in [-0.39, 0.29) is 22.7 Å². The first kappa shape index (κ1) is 13.0. The van der Waals surface area contributed by atoms with Gasteiger partial charge in [-0.3, -0.25) is 0 Å². The summed E-state index contributed by atoms with van der Waals surface area (Å²) in [4.78, 5) is 7.73. The van der Waals surface area contributed by atoms with Gasteiger partial charge in [-0.05, 0) is 28.1 Å². The molecular formula is C11H7BrClFN2O2. The maximum absolute atomic E-state index is 13.1. The van der Waals surface area contributed by atoms with Crippen molar-refractivity contribution in [2.45, 2.75) is 0 Å². The number of halogens is 3. The molecule has 0 amide bonds. The minimum absolute atomic E-state index is 0.0924. The van der Waals surface area contributed by atoms with Crippen LogP contribution in [0.25, 0.3) is 0 Å². The molecule has 2 rings (SSSR count). The Morgan fingerprint density at radius 1 is 1.39 bits per heavy atom. The summed E-state index contributed by atoms with van der Waals surface area (Å²) in [6.07, 6.45) is 1.34. The van der Waals surface area contributed by atoms with Crippen LogP contribution >= 0.6 is 27.5 Å². The minimum Gasteiger partial charge on any atom is -0.467 e. The molecule has 0 atom stereocenters. The first-order chi connectivity index (χ1) is 8.60. The Morgan fingerprint density at radius 2 is 2.17 bits per heavy atom. The number of hydrogen-bond acceptors (Lipinski definition) is 4. The second kappa shape index (κ2) is 5.49. The van der Waals surface area contributed by atoms with E-state index >= 15 is 0 Å². The van der Waals surface area contributed by atoms with Gasteiger partial charge in [0.15, 0.2) is 0 Å². The number of nitrogens with zero attached hydrogens (tertiary/aromatic N) is 2. The molecular weight excluding hydrogens is 326 g/mol. The highest BCUT2D eigenvalue weighted by Gasteiger charge is 2.11. The summed E-state index contributed by atoms with van der Waals surface area (Å²) in [6.45, 7) is 0. The summed E-state index contributed by atoms with van der Waals surface area (Å²) in [7, 11) is 1.42. The van der Waals surface area contributed by atoms with Crippen molar-refractivity contribution in [2.24, 2.45) is 0 Å². The molecule has 0 aliphatic heterocycles. The molecule has 1 aromatic heterocycles. The van der Waals surface area contributed by atoms with Crippen molar-refractivity contribution in [3.63, 3.8) is 0 Å². The zero-order valence-electron chi connectivity index (χ0n) is 9.15. The van der Waals surface area contributed by atoms with Crippen LogP contribution in [0.4, 0.5) is 4.39 Å². The Balaban J connectivity index is 2.36. The average molecular weight is 334 g/mol. The molecule has 94 valence electrons. The molecule has 0 N–H and O–H groups in total. The number of rotatable bonds is 3. The first-order valence-electron chi connectivity index (χ1n) is 4.79. The second-order valence-electron chi connectivity index (χ2n) is 3.19. The maximum atomic E-state index is 13.1. The van der Waals surface area contributed by atoms with Gasteiger partial charge in [-0.1, -0.05) is 11.6 Å². The summed E-state index contributed by atoms with van der Waals surface area (Å²) in [5.74, 6) is -0.0715. The lowest BCUT2D eigenvalue weighted by molar-refractivity contribution is 0.366. The van der Waals surface area contributed by atoms with Crippen molar-refractivity contribution in [1.82, 2.24) is 9.97 Å². The normalized spacial score (nSPS) is 10.2. The quantitative estimate of drug-likeness (QED) is 0.856. The smallest absolute Gasteiger partial charge is 0.319 e. The number of benzene rings is 1. The van der Waals surface area contributed by atoms with Gasteiger partial charge in [-0.15, -0.1) is 0 Å². The van der Waals surface area contributed by atoms with Gasteiger partial charge in [-0.25, -0.2) is 9.37 Å². The molecule has 0 spiro atoms. The number of methoxy groups -OCH3 is 1. The highest BCUT2D eigenvalue weighted by Crippen LogP contribution is 2.33. The Labute approximate surface area is 116 Å². The van der Waals surface area contributed by atoms with Crippen LogP contribution in [0.15, 0.2) is 28.9 Å². The van der Waals surface area contributed by atoms with E-state index in [1.165, 1.54) is 31.5 Å². The van der Waals surface area contributed by atoms with E-state index in [0.717, 1.165) is 0 Å². The van der Waals surface area contributed by atoms with Crippen LogP contribution in [0, 0.1) is 5.82 Å². The van der Waals surface area contributed by atoms with Crippen LogP contribution in [0.2, 0.25) is 5.02 Å². The highest BCUT2D eigenvalue weighted by molar-refractivity contribution is 9.10. The van der Waals surface area contributed by atoms with Gasteiger partial charge in [0.05, 0.1) is 17.8 Å². The van der Waals surface area contributed by atoms with Gasteiger partial charge in [-0.2, -0.15) is 4.98 Å². The molecule has 0 bridgehead atoms. The van der Waals surface area contributed by atoms with E-state index in [0.29, 0.717) is 4.47 Å². The molecule has 0 radical (unpaired) electrons. The van der Waals surface area contributed by atoms with Crippen LogP contribution in [0.3, 0.4) is 0 Å². The van der Waals surface area contributed by atoms with Gasteiger partial charge in [0.25, 0.3) is 0 Å². The zero-order chi connectivity index (χ0) is 13.1. The minimum atomic E-state index is -0.426. The van der Waals surface area contributed by atoms with E-state index in [2.05, 4.69) is 25.9 Å². The number of aromatic nitrogens is 2. The lowest BCUT2D eigenvalue weighted by Gasteiger charge is -2.08. The fourth-order valence-electron chi connectivity index (χ4n) is 1.17. The third-order valence-electron chi connectivity index (χ3n) is 1.97. The van der Waals surface area contributed by atoms with E-state index in [4.69, 9.17) is 21.1 Å². The van der Waals surface area contributed by atoms with Crippen LogP contribution < -0.4 is 9.47 Å². The standard InChI is InChI=1S/C11H7BrClFN2O2/c1-17-11-15-5-8(13)10(16-11)18-9-4-6(14)2-3-7(9)12/h2-5H,1H3. The number of ether oxygens (including phenoxy) is 2. The Kier molecular flexibility index (Phi) is 3.98. The van der Waals surface area contributed by atoms with Crippen LogP contribution in [0.1, 0.15) is 0 Å². The lowest BCUT2D eigenvalue weighted by atomic mass is 10.3. The molecule has 0 aliphatic rings. The predicted octanol–water partition coefficient (Wildman–Crippen LogP) is 3.83. The van der Waals surface area contributed by atoms with Gasteiger partial charge < -0.3 is 9.47 Å². The molecule has 2 aromatic rings. The molecule has 18 heavy (non-hydrogen) atoms. The molecule has 0 aliphatic carbocycles. The Hall–Kier alpha value is -1.40. The Morgan fingerprint density at radius 3 is 2.89 bits per heavy atom. The highest BCUT2D eigenvalue weighted by atomic mass is 79.9. The molecule has 0 fully saturated rings. The predicted molar refractivity (Wildman–Crippen MR) is 67.8 cm³/mol. The third kappa shape index (κ3) is 2.88. The summed E-state index contributed by atoms with van der Waals surface area (Å²) >= 11 is 9.12. The fourth-order valence-corrected chi connectivity index (χ4v) is 1.62. The van der Waals surface area contributed by atoms with Crippen LogP contribution in [0.5, 0.6) is 17.6 Å². The molecule has 4 nitrogen and oxygen atoms in total. The maximum Gasteiger partial charge on any atom is 0.319 e. The summed E-state index contributed by atoms with van der Waals surface area (Å²) in [5, 5.41) is 0.201. The molecule has 0 unspecified atom stereocenters. The van der Waals surface area contributed by atoms with Crippen molar-refractivity contribution in [3.05, 3.63) is 39.7 Å². The van der Waals surface area contributed by atoms with Crippen LogP contribution in [-0.4, -0.2) is 17.1 Å². The summed E-state index contributed by atoms with van der Waals surface area (Å²) < 4.78 is 24.0. The van der Waals surface area contributed by atoms with Gasteiger partial charge >= 0.3 is 6.01 Å². The zero-order valence-corrected chi connectivity index (χ0v) is 11.5. The molecule has 1 aromatic carbocycles. The molecule has 0 saturated heterocycles. The summed E-state index contributed by atoms with van der Waals surface area (Å²) in [6, 6.07) is 4.16. The van der Waals surface area contributed by atoms with Crippen molar-refractivity contribution in [3.8, 4) is 17.6 Å². The van der Waals surface area contributed by atoms with Crippen molar-refractivity contribution in [1.29, 1.82) is 0 Å². The fraction of sp³-hybridized carbons (Fsp3) is 0.0909. The van der Waals surface area contributed by atoms with E-state index < -0.39 is 5.82 Å². The molecule has 7 heteroatoms. The van der Waals surface area contributed by atoms with E-state index in [1.54, 1.807) is 0 Å². The topological polar surface area (TPSA) is 44.2 Å². The first-order valence-corrected chi connectivity index (χ1v) is 5.96. The van der Waals surface area contributed by atoms with Crippen LogP contribution in [-0.2, 0) is 0 Å². The van der Waals surface area contributed by atoms with Crippen molar-refractivity contribution >= 4 is 27.5 Å². The van der Waals surface area contributed by atoms with Crippen molar-refractivity contribution < 1.29 is 13.9 Å². The molecule has 0 saturated carbocycles. The third-order valence-corrected chi connectivity index (χ3v) is 2.89. The van der Waals surface area contributed by atoms with Gasteiger partial charge in [0, 0.05) is 6.07 Å². The average Bonchev–Trinajstić information content (AvgIpc) is 2.36. The number of hydrogen-bond donors (Lipinski definition) is 0. The largest absolute Gasteiger partial charge is 0.467 e. The summed E-state index contributed by atoms with van der Waals surface area (Å²) in [5.41, 5.74) is 0. The molecule has 1 heterocycles. The van der Waals surface area contributed by atoms with E-state index in [1.807, 2.05) is 0 Å².